The minimum atomic E-state index is -0.958. The van der Waals surface area contributed by atoms with Crippen molar-refractivity contribution in [2.45, 2.75) is 31.8 Å². The van der Waals surface area contributed by atoms with E-state index in [2.05, 4.69) is 0 Å². The molecule has 0 aromatic heterocycles. The predicted molar refractivity (Wildman–Crippen MR) is 69.8 cm³/mol. The van der Waals surface area contributed by atoms with Gasteiger partial charge in [-0.05, 0) is 49.7 Å². The topological polar surface area (TPSA) is 55.8 Å². The van der Waals surface area contributed by atoms with Crippen molar-refractivity contribution in [1.29, 1.82) is 0 Å². The SMILES string of the molecule is COc1ccc(C(=O)O)c(OC2CC3CCC2C3)c1. The van der Waals surface area contributed by atoms with Crippen LogP contribution in [0.2, 0.25) is 0 Å². The largest absolute Gasteiger partial charge is 0.497 e. The number of aromatic carboxylic acids is 1. The van der Waals surface area contributed by atoms with E-state index >= 15 is 0 Å². The van der Waals surface area contributed by atoms with Gasteiger partial charge in [0.15, 0.2) is 0 Å². The highest BCUT2D eigenvalue weighted by Gasteiger charge is 2.41. The van der Waals surface area contributed by atoms with Crippen molar-refractivity contribution >= 4 is 5.97 Å². The molecule has 4 heteroatoms. The molecule has 3 rings (SSSR count). The van der Waals surface area contributed by atoms with Crippen LogP contribution in [-0.2, 0) is 0 Å². The van der Waals surface area contributed by atoms with E-state index in [1.54, 1.807) is 25.3 Å². The Morgan fingerprint density at radius 1 is 1.32 bits per heavy atom. The average Bonchev–Trinajstić information content (AvgIpc) is 3.00. The van der Waals surface area contributed by atoms with Crippen LogP contribution in [0.4, 0.5) is 0 Å². The molecule has 0 radical (unpaired) electrons. The lowest BCUT2D eigenvalue weighted by molar-refractivity contribution is 0.0683. The molecule has 0 heterocycles. The number of carboxylic acids is 1. The Balaban J connectivity index is 1.84. The minimum absolute atomic E-state index is 0.170. The first kappa shape index (κ1) is 12.3. The molecular weight excluding hydrogens is 244 g/mol. The summed E-state index contributed by atoms with van der Waals surface area (Å²) in [5.41, 5.74) is 0.212. The van der Waals surface area contributed by atoms with Crippen molar-refractivity contribution in [1.82, 2.24) is 0 Å². The van der Waals surface area contributed by atoms with Crippen molar-refractivity contribution in [3.63, 3.8) is 0 Å². The number of methoxy groups -OCH3 is 1. The second-order valence-electron chi connectivity index (χ2n) is 5.50. The highest BCUT2D eigenvalue weighted by Crippen LogP contribution is 2.46. The Labute approximate surface area is 112 Å². The summed E-state index contributed by atoms with van der Waals surface area (Å²) >= 11 is 0. The standard InChI is InChI=1S/C15H18O4/c1-18-11-4-5-12(15(16)17)14(8-11)19-13-7-9-2-3-10(13)6-9/h4-5,8-10,13H,2-3,6-7H2,1H3,(H,16,17). The van der Waals surface area contributed by atoms with Gasteiger partial charge in [0.05, 0.1) is 7.11 Å². The van der Waals surface area contributed by atoms with Gasteiger partial charge in [0.1, 0.15) is 23.2 Å². The van der Waals surface area contributed by atoms with Crippen LogP contribution in [0.5, 0.6) is 11.5 Å². The molecular formula is C15H18O4. The van der Waals surface area contributed by atoms with E-state index in [1.807, 2.05) is 0 Å². The zero-order chi connectivity index (χ0) is 13.4. The van der Waals surface area contributed by atoms with Crippen LogP contribution in [0.1, 0.15) is 36.0 Å². The summed E-state index contributed by atoms with van der Waals surface area (Å²) in [4.78, 5) is 11.2. The lowest BCUT2D eigenvalue weighted by Gasteiger charge is -2.24. The number of rotatable bonds is 4. The molecule has 0 spiro atoms. The maximum absolute atomic E-state index is 11.2. The molecule has 2 fully saturated rings. The average molecular weight is 262 g/mol. The highest BCUT2D eigenvalue weighted by atomic mass is 16.5. The highest BCUT2D eigenvalue weighted by molar-refractivity contribution is 5.91. The summed E-state index contributed by atoms with van der Waals surface area (Å²) in [6.07, 6.45) is 4.97. The van der Waals surface area contributed by atoms with Crippen molar-refractivity contribution in [2.24, 2.45) is 11.8 Å². The van der Waals surface area contributed by atoms with Crippen LogP contribution in [0.3, 0.4) is 0 Å². The van der Waals surface area contributed by atoms with Crippen LogP contribution in [0.25, 0.3) is 0 Å². The number of fused-ring (bicyclic) bond motifs is 2. The molecule has 2 aliphatic rings. The van der Waals surface area contributed by atoms with E-state index in [4.69, 9.17) is 9.47 Å². The lowest BCUT2D eigenvalue weighted by Crippen LogP contribution is -2.24. The zero-order valence-electron chi connectivity index (χ0n) is 11.0. The molecule has 3 atom stereocenters. The monoisotopic (exact) mass is 262 g/mol. The molecule has 4 nitrogen and oxygen atoms in total. The minimum Gasteiger partial charge on any atom is -0.497 e. The van der Waals surface area contributed by atoms with Gasteiger partial charge in [0.25, 0.3) is 0 Å². The maximum atomic E-state index is 11.2. The molecule has 102 valence electrons. The number of hydrogen-bond donors (Lipinski definition) is 1. The summed E-state index contributed by atoms with van der Waals surface area (Å²) in [5, 5.41) is 9.21. The Hall–Kier alpha value is -1.71. The Kier molecular flexibility index (Phi) is 3.09. The molecule has 1 aromatic carbocycles. The van der Waals surface area contributed by atoms with Crippen molar-refractivity contribution in [3.05, 3.63) is 23.8 Å². The van der Waals surface area contributed by atoms with E-state index < -0.39 is 5.97 Å². The van der Waals surface area contributed by atoms with Gasteiger partial charge >= 0.3 is 5.97 Å². The third-order valence-electron chi connectivity index (χ3n) is 4.37. The van der Waals surface area contributed by atoms with Gasteiger partial charge in [-0.15, -0.1) is 0 Å². The maximum Gasteiger partial charge on any atom is 0.339 e. The van der Waals surface area contributed by atoms with Gasteiger partial charge in [-0.3, -0.25) is 0 Å². The van der Waals surface area contributed by atoms with E-state index in [9.17, 15) is 9.90 Å². The Morgan fingerprint density at radius 2 is 2.16 bits per heavy atom. The molecule has 0 aliphatic heterocycles. The van der Waals surface area contributed by atoms with Gasteiger partial charge in [-0.2, -0.15) is 0 Å². The molecule has 3 unspecified atom stereocenters. The molecule has 19 heavy (non-hydrogen) atoms. The fourth-order valence-corrected chi connectivity index (χ4v) is 3.40. The quantitative estimate of drug-likeness (QED) is 0.906. The van der Waals surface area contributed by atoms with Crippen LogP contribution in [-0.4, -0.2) is 24.3 Å². The number of ether oxygens (including phenoxy) is 2. The smallest absolute Gasteiger partial charge is 0.339 e. The van der Waals surface area contributed by atoms with Gasteiger partial charge in [0.2, 0.25) is 0 Å². The second-order valence-corrected chi connectivity index (χ2v) is 5.50. The summed E-state index contributed by atoms with van der Waals surface area (Å²) in [5.74, 6) is 1.47. The molecule has 1 N–H and O–H groups in total. The van der Waals surface area contributed by atoms with Gasteiger partial charge in [-0.25, -0.2) is 4.79 Å². The third-order valence-corrected chi connectivity index (χ3v) is 4.37. The molecule has 2 aliphatic carbocycles. The van der Waals surface area contributed by atoms with E-state index in [1.165, 1.54) is 19.3 Å². The first-order valence-electron chi connectivity index (χ1n) is 6.75. The van der Waals surface area contributed by atoms with Crippen LogP contribution < -0.4 is 9.47 Å². The Morgan fingerprint density at radius 3 is 2.74 bits per heavy atom. The first-order chi connectivity index (χ1) is 9.17. The summed E-state index contributed by atoms with van der Waals surface area (Å²) in [6, 6.07) is 4.87. The first-order valence-corrected chi connectivity index (χ1v) is 6.75. The molecule has 1 aromatic rings. The molecule has 2 bridgehead atoms. The van der Waals surface area contributed by atoms with E-state index in [0.29, 0.717) is 17.4 Å². The molecule has 0 amide bonds. The Bertz CT molecular complexity index is 497. The number of benzene rings is 1. The third kappa shape index (κ3) is 2.27. The fourth-order valence-electron chi connectivity index (χ4n) is 3.40. The zero-order valence-corrected chi connectivity index (χ0v) is 11.0. The molecule has 2 saturated carbocycles. The van der Waals surface area contributed by atoms with Crippen molar-refractivity contribution < 1.29 is 19.4 Å². The van der Waals surface area contributed by atoms with E-state index in [-0.39, 0.29) is 11.7 Å². The number of hydrogen-bond acceptors (Lipinski definition) is 3. The summed E-state index contributed by atoms with van der Waals surface area (Å²) in [7, 11) is 1.57. The van der Waals surface area contributed by atoms with Crippen molar-refractivity contribution in [3.8, 4) is 11.5 Å². The van der Waals surface area contributed by atoms with E-state index in [0.717, 1.165) is 12.3 Å². The van der Waals surface area contributed by atoms with Gasteiger partial charge < -0.3 is 14.6 Å². The van der Waals surface area contributed by atoms with Gasteiger partial charge in [0, 0.05) is 6.07 Å². The van der Waals surface area contributed by atoms with Crippen LogP contribution in [0.15, 0.2) is 18.2 Å². The summed E-state index contributed by atoms with van der Waals surface area (Å²) in [6.45, 7) is 0. The number of carbonyl (C=O) groups is 1. The van der Waals surface area contributed by atoms with Gasteiger partial charge in [-0.1, -0.05) is 0 Å². The van der Waals surface area contributed by atoms with Crippen molar-refractivity contribution in [2.75, 3.05) is 7.11 Å². The number of carboxylic acid groups (broad SMARTS) is 1. The van der Waals surface area contributed by atoms with Crippen LogP contribution >= 0.6 is 0 Å². The fraction of sp³-hybridized carbons (Fsp3) is 0.533. The second kappa shape index (κ2) is 4.76. The summed E-state index contributed by atoms with van der Waals surface area (Å²) < 4.78 is 11.1. The van der Waals surface area contributed by atoms with Crippen LogP contribution in [0, 0.1) is 11.8 Å². The lowest BCUT2D eigenvalue weighted by atomic mass is 9.97. The molecule has 0 saturated heterocycles. The predicted octanol–water partition coefficient (Wildman–Crippen LogP) is 2.96. The normalized spacial score (nSPS) is 28.4.